The molecular formula is C15H14N2O2S. The molecule has 5 heteroatoms. The van der Waals surface area contributed by atoms with Gasteiger partial charge in [-0.2, -0.15) is 5.26 Å². The minimum atomic E-state index is -3.64. The molecule has 1 N–H and O–H groups in total. The predicted molar refractivity (Wildman–Crippen MR) is 77.9 cm³/mol. The van der Waals surface area contributed by atoms with Crippen molar-refractivity contribution >= 4 is 15.7 Å². The second-order valence-corrected chi connectivity index (χ2v) is 6.25. The van der Waals surface area contributed by atoms with Crippen molar-refractivity contribution in [1.29, 1.82) is 5.26 Å². The molecular weight excluding hydrogens is 272 g/mol. The van der Waals surface area contributed by atoms with Gasteiger partial charge in [-0.25, -0.2) is 8.42 Å². The molecule has 0 spiro atoms. The molecule has 2 aromatic carbocycles. The second kappa shape index (κ2) is 5.35. The molecule has 0 radical (unpaired) electrons. The SMILES string of the molecule is Cc1cccc(S(=O)(=O)Nc2cc(C#N)ccc2C)c1. The molecule has 102 valence electrons. The summed E-state index contributed by atoms with van der Waals surface area (Å²) in [5, 5.41) is 8.88. The van der Waals surface area contributed by atoms with Crippen LogP contribution in [-0.2, 0) is 10.0 Å². The molecule has 0 atom stereocenters. The predicted octanol–water partition coefficient (Wildman–Crippen LogP) is 2.98. The van der Waals surface area contributed by atoms with Crippen LogP contribution < -0.4 is 4.72 Å². The van der Waals surface area contributed by atoms with E-state index in [2.05, 4.69) is 4.72 Å². The molecule has 0 saturated carbocycles. The lowest BCUT2D eigenvalue weighted by atomic mass is 10.1. The second-order valence-electron chi connectivity index (χ2n) is 4.56. The van der Waals surface area contributed by atoms with E-state index >= 15 is 0 Å². The van der Waals surface area contributed by atoms with Crippen molar-refractivity contribution in [3.63, 3.8) is 0 Å². The Morgan fingerprint density at radius 3 is 2.50 bits per heavy atom. The first-order valence-corrected chi connectivity index (χ1v) is 7.51. The molecule has 0 aromatic heterocycles. The van der Waals surface area contributed by atoms with Gasteiger partial charge in [-0.1, -0.05) is 18.2 Å². The van der Waals surface area contributed by atoms with Crippen LogP contribution in [0.3, 0.4) is 0 Å². The lowest BCUT2D eigenvalue weighted by molar-refractivity contribution is 0.601. The molecule has 0 fully saturated rings. The summed E-state index contributed by atoms with van der Waals surface area (Å²) in [6.07, 6.45) is 0. The van der Waals surface area contributed by atoms with Gasteiger partial charge in [0.2, 0.25) is 0 Å². The van der Waals surface area contributed by atoms with Crippen LogP contribution in [0, 0.1) is 25.2 Å². The van der Waals surface area contributed by atoms with E-state index in [1.54, 1.807) is 37.3 Å². The highest BCUT2D eigenvalue weighted by Crippen LogP contribution is 2.21. The van der Waals surface area contributed by atoms with Crippen LogP contribution in [0.2, 0.25) is 0 Å². The molecule has 0 bridgehead atoms. The van der Waals surface area contributed by atoms with Crippen molar-refractivity contribution in [2.45, 2.75) is 18.7 Å². The van der Waals surface area contributed by atoms with Crippen LogP contribution in [0.4, 0.5) is 5.69 Å². The van der Waals surface area contributed by atoms with E-state index in [0.717, 1.165) is 11.1 Å². The Bertz CT molecular complexity index is 790. The highest BCUT2D eigenvalue weighted by molar-refractivity contribution is 7.92. The van der Waals surface area contributed by atoms with Gasteiger partial charge < -0.3 is 0 Å². The molecule has 0 aliphatic heterocycles. The van der Waals surface area contributed by atoms with E-state index < -0.39 is 10.0 Å². The number of hydrogen-bond donors (Lipinski definition) is 1. The molecule has 0 saturated heterocycles. The zero-order chi connectivity index (χ0) is 14.8. The van der Waals surface area contributed by atoms with E-state index in [0.29, 0.717) is 11.3 Å². The van der Waals surface area contributed by atoms with Crippen LogP contribution in [-0.4, -0.2) is 8.42 Å². The maximum atomic E-state index is 12.3. The van der Waals surface area contributed by atoms with E-state index in [-0.39, 0.29) is 4.90 Å². The number of nitrogens with zero attached hydrogens (tertiary/aromatic N) is 1. The lowest BCUT2D eigenvalue weighted by Gasteiger charge is -2.11. The van der Waals surface area contributed by atoms with E-state index in [1.165, 1.54) is 6.07 Å². The van der Waals surface area contributed by atoms with Gasteiger partial charge in [0, 0.05) is 0 Å². The largest absolute Gasteiger partial charge is 0.279 e. The van der Waals surface area contributed by atoms with Gasteiger partial charge in [0.25, 0.3) is 10.0 Å². The van der Waals surface area contributed by atoms with Crippen molar-refractivity contribution in [3.05, 3.63) is 59.2 Å². The Balaban J connectivity index is 2.41. The summed E-state index contributed by atoms with van der Waals surface area (Å²) in [5.74, 6) is 0. The Hall–Kier alpha value is -2.32. The average molecular weight is 286 g/mol. The molecule has 2 rings (SSSR count). The Labute approximate surface area is 118 Å². The minimum absolute atomic E-state index is 0.208. The lowest BCUT2D eigenvalue weighted by Crippen LogP contribution is -2.14. The van der Waals surface area contributed by atoms with Gasteiger partial charge >= 0.3 is 0 Å². The Morgan fingerprint density at radius 2 is 1.85 bits per heavy atom. The third kappa shape index (κ3) is 2.98. The average Bonchev–Trinajstić information content (AvgIpc) is 2.41. The Kier molecular flexibility index (Phi) is 3.77. The summed E-state index contributed by atoms with van der Waals surface area (Å²) in [6.45, 7) is 3.62. The third-order valence-electron chi connectivity index (χ3n) is 2.91. The fourth-order valence-corrected chi connectivity index (χ4v) is 3.01. The summed E-state index contributed by atoms with van der Waals surface area (Å²) >= 11 is 0. The van der Waals surface area contributed by atoms with Crippen LogP contribution in [0.25, 0.3) is 0 Å². The maximum absolute atomic E-state index is 12.3. The summed E-state index contributed by atoms with van der Waals surface area (Å²) in [4.78, 5) is 0.208. The fraction of sp³-hybridized carbons (Fsp3) is 0.133. The number of benzene rings is 2. The number of nitrogens with one attached hydrogen (secondary N) is 1. The number of rotatable bonds is 3. The monoisotopic (exact) mass is 286 g/mol. The van der Waals surface area contributed by atoms with Crippen LogP contribution in [0.5, 0.6) is 0 Å². The standard InChI is InChI=1S/C15H14N2O2S/c1-11-4-3-5-14(8-11)20(18,19)17-15-9-13(10-16)7-6-12(15)2/h3-9,17H,1-2H3. The van der Waals surface area contributed by atoms with E-state index in [1.807, 2.05) is 19.1 Å². The molecule has 20 heavy (non-hydrogen) atoms. The van der Waals surface area contributed by atoms with E-state index in [9.17, 15) is 8.42 Å². The zero-order valence-electron chi connectivity index (χ0n) is 11.2. The third-order valence-corrected chi connectivity index (χ3v) is 4.27. The summed E-state index contributed by atoms with van der Waals surface area (Å²) in [7, 11) is -3.64. The van der Waals surface area contributed by atoms with Gasteiger partial charge in [-0.15, -0.1) is 0 Å². The van der Waals surface area contributed by atoms with Gasteiger partial charge in [0.15, 0.2) is 0 Å². The molecule has 2 aromatic rings. The number of hydrogen-bond acceptors (Lipinski definition) is 3. The fourth-order valence-electron chi connectivity index (χ4n) is 1.79. The van der Waals surface area contributed by atoms with E-state index in [4.69, 9.17) is 5.26 Å². The smallest absolute Gasteiger partial charge is 0.261 e. The van der Waals surface area contributed by atoms with Gasteiger partial charge in [-0.05, 0) is 49.2 Å². The normalized spacial score (nSPS) is 10.8. The number of sulfonamides is 1. The molecule has 0 unspecified atom stereocenters. The summed E-state index contributed by atoms with van der Waals surface area (Å²) in [5.41, 5.74) is 2.47. The van der Waals surface area contributed by atoms with Crippen LogP contribution in [0.15, 0.2) is 47.4 Å². The molecule has 4 nitrogen and oxygen atoms in total. The first-order chi connectivity index (χ1) is 9.42. The highest BCUT2D eigenvalue weighted by Gasteiger charge is 2.15. The van der Waals surface area contributed by atoms with Gasteiger partial charge in [-0.3, -0.25) is 4.72 Å². The van der Waals surface area contributed by atoms with Crippen molar-refractivity contribution in [2.24, 2.45) is 0 Å². The Morgan fingerprint density at radius 1 is 1.10 bits per heavy atom. The van der Waals surface area contributed by atoms with Gasteiger partial charge in [0.05, 0.1) is 22.2 Å². The zero-order valence-corrected chi connectivity index (χ0v) is 12.0. The molecule has 0 heterocycles. The number of aryl methyl sites for hydroxylation is 2. The highest BCUT2D eigenvalue weighted by atomic mass is 32.2. The van der Waals surface area contributed by atoms with Crippen molar-refractivity contribution in [2.75, 3.05) is 4.72 Å². The van der Waals surface area contributed by atoms with Crippen molar-refractivity contribution < 1.29 is 8.42 Å². The number of nitriles is 1. The number of anilines is 1. The minimum Gasteiger partial charge on any atom is -0.279 e. The van der Waals surface area contributed by atoms with Crippen molar-refractivity contribution in [1.82, 2.24) is 0 Å². The molecule has 0 aliphatic carbocycles. The topological polar surface area (TPSA) is 70.0 Å². The van der Waals surface area contributed by atoms with Crippen LogP contribution >= 0.6 is 0 Å². The first-order valence-electron chi connectivity index (χ1n) is 6.02. The molecule has 0 aliphatic rings. The van der Waals surface area contributed by atoms with Gasteiger partial charge in [0.1, 0.15) is 0 Å². The molecule has 0 amide bonds. The summed E-state index contributed by atoms with van der Waals surface area (Å²) in [6, 6.07) is 13.6. The maximum Gasteiger partial charge on any atom is 0.261 e. The quantitative estimate of drug-likeness (QED) is 0.943. The van der Waals surface area contributed by atoms with Crippen molar-refractivity contribution in [3.8, 4) is 6.07 Å². The van der Waals surface area contributed by atoms with Crippen LogP contribution in [0.1, 0.15) is 16.7 Å². The first kappa shape index (κ1) is 14.1. The summed E-state index contributed by atoms with van der Waals surface area (Å²) < 4.78 is 27.1.